The van der Waals surface area contributed by atoms with Crippen molar-refractivity contribution in [2.24, 2.45) is 22.4 Å². The van der Waals surface area contributed by atoms with E-state index < -0.39 is 78.6 Å². The zero-order valence-corrected chi connectivity index (χ0v) is 24.0. The Kier molecular flexibility index (Phi) is 12.7. The summed E-state index contributed by atoms with van der Waals surface area (Å²) in [6.07, 6.45) is -0.309. The summed E-state index contributed by atoms with van der Waals surface area (Å²) in [6.45, 7) is 3.01. The number of carbonyl (C=O) groups excluding carboxylic acids is 5. The van der Waals surface area contributed by atoms with E-state index in [1.807, 2.05) is 0 Å². The lowest BCUT2D eigenvalue weighted by atomic mass is 10.00. The Morgan fingerprint density at radius 3 is 2.21 bits per heavy atom. The number of nitrogens with zero attached hydrogens (tertiary/aromatic N) is 2. The number of aliphatic carboxylic acids is 1. The Balaban J connectivity index is 2.48. The number of hydrogen-bond donors (Lipinski definition) is 7. The standard InChI is InChI=1S/C27H40N8O7/c1-15(2)22-26(42)32-17(10-7-11-30-27(28)29)23(39)31-14-20(36)35(3)19(13-21(37)38)25(41)33-18(24(40)34-22)12-16-8-5-4-6-9-16/h4-6,8-9,15,17-19,22H,7,10-14H2,1-3H3,(H,31,39)(H,32,42)(H,33,41)(H,34,40)(H,37,38)(H4,28,29,30)/t17-,18+,19+,22+/m0/s1. The highest BCUT2D eigenvalue weighted by molar-refractivity contribution is 5.98. The Bertz CT molecular complexity index is 1170. The molecule has 15 heteroatoms. The molecular formula is C27H40N8O7. The van der Waals surface area contributed by atoms with Crippen LogP contribution in [-0.2, 0) is 35.2 Å². The first-order chi connectivity index (χ1) is 19.8. The normalized spacial score (nSPS) is 22.7. The van der Waals surface area contributed by atoms with Gasteiger partial charge in [-0.1, -0.05) is 44.2 Å². The largest absolute Gasteiger partial charge is 0.481 e. The van der Waals surface area contributed by atoms with Crippen LogP contribution in [0.25, 0.3) is 0 Å². The highest BCUT2D eigenvalue weighted by Crippen LogP contribution is 2.11. The van der Waals surface area contributed by atoms with Crippen LogP contribution in [0.4, 0.5) is 0 Å². The lowest BCUT2D eigenvalue weighted by molar-refractivity contribution is -0.146. The van der Waals surface area contributed by atoms with E-state index in [1.54, 1.807) is 44.2 Å². The summed E-state index contributed by atoms with van der Waals surface area (Å²) in [5.74, 6) is -5.58. The van der Waals surface area contributed by atoms with Crippen molar-refractivity contribution in [3.63, 3.8) is 0 Å². The molecule has 1 aromatic carbocycles. The van der Waals surface area contributed by atoms with Gasteiger partial charge in [0.1, 0.15) is 24.2 Å². The van der Waals surface area contributed by atoms with E-state index in [4.69, 9.17) is 11.5 Å². The van der Waals surface area contributed by atoms with Crippen LogP contribution in [0.2, 0.25) is 0 Å². The molecule has 4 atom stereocenters. The highest BCUT2D eigenvalue weighted by atomic mass is 16.4. The average Bonchev–Trinajstić information content (AvgIpc) is 2.93. The van der Waals surface area contributed by atoms with E-state index in [-0.39, 0.29) is 25.3 Å². The van der Waals surface area contributed by atoms with Gasteiger partial charge in [-0.05, 0) is 24.3 Å². The maximum Gasteiger partial charge on any atom is 0.305 e. The van der Waals surface area contributed by atoms with E-state index in [0.29, 0.717) is 12.0 Å². The predicted molar refractivity (Wildman–Crippen MR) is 153 cm³/mol. The van der Waals surface area contributed by atoms with Crippen LogP contribution in [0.5, 0.6) is 0 Å². The van der Waals surface area contributed by atoms with Gasteiger partial charge in [0.2, 0.25) is 29.5 Å². The number of nitrogens with one attached hydrogen (secondary N) is 4. The molecule has 5 amide bonds. The molecule has 0 bridgehead atoms. The summed E-state index contributed by atoms with van der Waals surface area (Å²) in [6, 6.07) is 3.88. The third-order valence-electron chi connectivity index (χ3n) is 6.69. The Hall–Kier alpha value is -4.69. The van der Waals surface area contributed by atoms with Crippen molar-refractivity contribution in [3.05, 3.63) is 35.9 Å². The maximum atomic E-state index is 13.5. The molecule has 15 nitrogen and oxygen atoms in total. The summed E-state index contributed by atoms with van der Waals surface area (Å²) in [7, 11) is 1.23. The molecule has 0 spiro atoms. The van der Waals surface area contributed by atoms with Crippen LogP contribution >= 0.6 is 0 Å². The molecular weight excluding hydrogens is 548 g/mol. The number of nitrogens with two attached hydrogens (primary N) is 2. The van der Waals surface area contributed by atoms with E-state index in [2.05, 4.69) is 26.3 Å². The number of rotatable bonds is 9. The number of likely N-dealkylation sites (N-methyl/N-ethyl adjacent to an activating group) is 1. The second kappa shape index (κ2) is 15.9. The maximum absolute atomic E-state index is 13.5. The highest BCUT2D eigenvalue weighted by Gasteiger charge is 2.35. The number of guanidine groups is 1. The van der Waals surface area contributed by atoms with Gasteiger partial charge in [0, 0.05) is 20.0 Å². The third-order valence-corrected chi connectivity index (χ3v) is 6.69. The van der Waals surface area contributed by atoms with Gasteiger partial charge in [-0.25, -0.2) is 0 Å². The summed E-state index contributed by atoms with van der Waals surface area (Å²) < 4.78 is 0. The second-order valence-electron chi connectivity index (χ2n) is 10.3. The fourth-order valence-corrected chi connectivity index (χ4v) is 4.31. The van der Waals surface area contributed by atoms with Gasteiger partial charge >= 0.3 is 5.97 Å². The first-order valence-corrected chi connectivity index (χ1v) is 13.6. The molecule has 1 saturated heterocycles. The third kappa shape index (κ3) is 10.4. The molecule has 230 valence electrons. The number of carbonyl (C=O) groups is 6. The van der Waals surface area contributed by atoms with Crippen LogP contribution in [0.3, 0.4) is 0 Å². The van der Waals surface area contributed by atoms with Crippen molar-refractivity contribution < 1.29 is 33.9 Å². The summed E-state index contributed by atoms with van der Waals surface area (Å²) in [5, 5.41) is 19.8. The van der Waals surface area contributed by atoms with Crippen LogP contribution in [0, 0.1) is 5.92 Å². The number of benzene rings is 1. The molecule has 1 heterocycles. The number of aliphatic imine (C=N–C) groups is 1. The zero-order valence-electron chi connectivity index (χ0n) is 24.0. The average molecular weight is 589 g/mol. The van der Waals surface area contributed by atoms with Crippen molar-refractivity contribution in [1.82, 2.24) is 26.2 Å². The second-order valence-corrected chi connectivity index (χ2v) is 10.3. The minimum atomic E-state index is -1.49. The van der Waals surface area contributed by atoms with Gasteiger partial charge in [0.15, 0.2) is 5.96 Å². The molecule has 0 saturated carbocycles. The lowest BCUT2D eigenvalue weighted by Gasteiger charge is -2.29. The molecule has 0 radical (unpaired) electrons. The van der Waals surface area contributed by atoms with Gasteiger partial charge < -0.3 is 42.7 Å². The lowest BCUT2D eigenvalue weighted by Crippen LogP contribution is -2.59. The quantitative estimate of drug-likeness (QED) is 0.0942. The predicted octanol–water partition coefficient (Wildman–Crippen LogP) is -2.18. The molecule has 2 rings (SSSR count). The molecule has 0 aliphatic carbocycles. The van der Waals surface area contributed by atoms with Crippen LogP contribution < -0.4 is 32.7 Å². The number of carboxylic acids is 1. The van der Waals surface area contributed by atoms with Crippen molar-refractivity contribution in [3.8, 4) is 0 Å². The molecule has 42 heavy (non-hydrogen) atoms. The molecule has 9 N–H and O–H groups in total. The minimum Gasteiger partial charge on any atom is -0.481 e. The number of carboxylic acid groups (broad SMARTS) is 1. The van der Waals surface area contributed by atoms with Gasteiger partial charge in [0.05, 0.1) is 13.0 Å². The van der Waals surface area contributed by atoms with Crippen molar-refractivity contribution >= 4 is 41.5 Å². The van der Waals surface area contributed by atoms with Gasteiger partial charge in [-0.15, -0.1) is 0 Å². The fourth-order valence-electron chi connectivity index (χ4n) is 4.31. The topological polar surface area (TPSA) is 238 Å². The van der Waals surface area contributed by atoms with Crippen molar-refractivity contribution in [2.45, 2.75) is 63.7 Å². The fraction of sp³-hybridized carbons (Fsp3) is 0.519. The van der Waals surface area contributed by atoms with Crippen LogP contribution in [-0.4, -0.2) is 95.8 Å². The van der Waals surface area contributed by atoms with Crippen LogP contribution in [0.1, 0.15) is 38.7 Å². The smallest absolute Gasteiger partial charge is 0.305 e. The molecule has 1 aromatic rings. The minimum absolute atomic E-state index is 0.0236. The molecule has 0 unspecified atom stereocenters. The summed E-state index contributed by atoms with van der Waals surface area (Å²) in [5.41, 5.74) is 11.4. The molecule has 1 fully saturated rings. The molecule has 1 aliphatic heterocycles. The Morgan fingerprint density at radius 2 is 1.62 bits per heavy atom. The van der Waals surface area contributed by atoms with E-state index in [1.165, 1.54) is 7.05 Å². The first-order valence-electron chi connectivity index (χ1n) is 13.6. The van der Waals surface area contributed by atoms with Crippen LogP contribution in [0.15, 0.2) is 35.3 Å². The Morgan fingerprint density at radius 1 is 0.976 bits per heavy atom. The zero-order chi connectivity index (χ0) is 31.4. The van der Waals surface area contributed by atoms with Gasteiger partial charge in [-0.3, -0.25) is 33.8 Å². The van der Waals surface area contributed by atoms with Gasteiger partial charge in [0.25, 0.3) is 0 Å². The van der Waals surface area contributed by atoms with Crippen molar-refractivity contribution in [1.29, 1.82) is 0 Å². The molecule has 1 aliphatic rings. The first kappa shape index (κ1) is 33.5. The van der Waals surface area contributed by atoms with E-state index in [9.17, 15) is 33.9 Å². The van der Waals surface area contributed by atoms with Gasteiger partial charge in [-0.2, -0.15) is 0 Å². The monoisotopic (exact) mass is 588 g/mol. The van der Waals surface area contributed by atoms with Crippen molar-refractivity contribution in [2.75, 3.05) is 20.1 Å². The summed E-state index contributed by atoms with van der Waals surface area (Å²) in [4.78, 5) is 82.6. The number of hydrogen-bond acceptors (Lipinski definition) is 7. The number of amides is 5. The molecule has 0 aromatic heterocycles. The van der Waals surface area contributed by atoms with E-state index in [0.717, 1.165) is 4.90 Å². The summed E-state index contributed by atoms with van der Waals surface area (Å²) >= 11 is 0. The van der Waals surface area contributed by atoms with E-state index >= 15 is 0 Å². The Labute approximate surface area is 243 Å². The SMILES string of the molecule is CC(C)[C@H]1NC(=O)[C@@H](Cc2ccccc2)NC(=O)[C@@H](CC(=O)O)N(C)C(=O)CNC(=O)[C@H](CCCN=C(N)N)NC1=O.